The quantitative estimate of drug-likeness (QED) is 0.751. The maximum atomic E-state index is 11.7. The molecule has 0 radical (unpaired) electrons. The van der Waals surface area contributed by atoms with Crippen molar-refractivity contribution < 1.29 is 18.3 Å². The molecule has 1 heterocycles. The zero-order chi connectivity index (χ0) is 12.5. The molecule has 1 fully saturated rings. The van der Waals surface area contributed by atoms with Gasteiger partial charge in [-0.2, -0.15) is 0 Å². The standard InChI is InChI=1S/C11H13NO4S/c13-10-7-17(15,16)6-9(10)12-11(14)8-4-2-1-3-5-8/h1-5,9-10,13H,6-7H2,(H,12,14). The van der Waals surface area contributed by atoms with Gasteiger partial charge >= 0.3 is 0 Å². The van der Waals surface area contributed by atoms with Gasteiger partial charge in [0.2, 0.25) is 0 Å². The number of nitrogens with one attached hydrogen (secondary N) is 1. The molecule has 1 aliphatic rings. The highest BCUT2D eigenvalue weighted by Crippen LogP contribution is 2.13. The summed E-state index contributed by atoms with van der Waals surface area (Å²) in [5.41, 5.74) is 0.448. The molecule has 1 aliphatic heterocycles. The second-order valence-electron chi connectivity index (χ2n) is 4.09. The summed E-state index contributed by atoms with van der Waals surface area (Å²) in [6.45, 7) is 0. The molecule has 2 N–H and O–H groups in total. The molecular weight excluding hydrogens is 242 g/mol. The smallest absolute Gasteiger partial charge is 0.251 e. The summed E-state index contributed by atoms with van der Waals surface area (Å²) in [5, 5.41) is 12.1. The van der Waals surface area contributed by atoms with Gasteiger partial charge in [0, 0.05) is 5.56 Å². The van der Waals surface area contributed by atoms with Crippen LogP contribution in [0.5, 0.6) is 0 Å². The summed E-state index contributed by atoms with van der Waals surface area (Å²) in [7, 11) is -3.24. The van der Waals surface area contributed by atoms with Crippen LogP contribution in [0.2, 0.25) is 0 Å². The van der Waals surface area contributed by atoms with E-state index in [1.165, 1.54) is 0 Å². The first kappa shape index (κ1) is 12.1. The van der Waals surface area contributed by atoms with Crippen LogP contribution in [-0.2, 0) is 9.84 Å². The molecule has 2 atom stereocenters. The van der Waals surface area contributed by atoms with Gasteiger partial charge in [0.1, 0.15) is 0 Å². The Kier molecular flexibility index (Phi) is 3.17. The van der Waals surface area contributed by atoms with Crippen molar-refractivity contribution in [3.05, 3.63) is 35.9 Å². The third-order valence-electron chi connectivity index (χ3n) is 2.68. The van der Waals surface area contributed by atoms with E-state index in [-0.39, 0.29) is 17.4 Å². The lowest BCUT2D eigenvalue weighted by Gasteiger charge is -2.14. The highest BCUT2D eigenvalue weighted by atomic mass is 32.2. The number of hydrogen-bond donors (Lipinski definition) is 2. The summed E-state index contributed by atoms with van der Waals surface area (Å²) in [4.78, 5) is 11.7. The van der Waals surface area contributed by atoms with E-state index in [1.807, 2.05) is 0 Å². The lowest BCUT2D eigenvalue weighted by atomic mass is 10.1. The predicted octanol–water partition coefficient (Wildman–Crippen LogP) is -0.426. The van der Waals surface area contributed by atoms with Crippen molar-refractivity contribution in [1.29, 1.82) is 0 Å². The lowest BCUT2D eigenvalue weighted by Crippen LogP contribution is -2.42. The molecule has 92 valence electrons. The van der Waals surface area contributed by atoms with Gasteiger partial charge in [-0.05, 0) is 12.1 Å². The van der Waals surface area contributed by atoms with E-state index in [0.29, 0.717) is 5.56 Å². The molecule has 0 saturated carbocycles. The largest absolute Gasteiger partial charge is 0.390 e. The molecule has 1 aromatic rings. The van der Waals surface area contributed by atoms with Crippen molar-refractivity contribution in [3.8, 4) is 0 Å². The van der Waals surface area contributed by atoms with Gasteiger partial charge in [-0.15, -0.1) is 0 Å². The van der Waals surface area contributed by atoms with E-state index in [9.17, 15) is 18.3 Å². The number of carbonyl (C=O) groups excluding carboxylic acids is 1. The van der Waals surface area contributed by atoms with E-state index >= 15 is 0 Å². The fourth-order valence-electron chi connectivity index (χ4n) is 1.81. The van der Waals surface area contributed by atoms with Crippen molar-refractivity contribution in [3.63, 3.8) is 0 Å². The van der Waals surface area contributed by atoms with Crippen LogP contribution in [0, 0.1) is 0 Å². The minimum atomic E-state index is -3.24. The molecule has 0 spiro atoms. The molecule has 1 amide bonds. The molecule has 0 aliphatic carbocycles. The first-order chi connectivity index (χ1) is 7.98. The molecule has 2 rings (SSSR count). The average molecular weight is 255 g/mol. The van der Waals surface area contributed by atoms with Crippen molar-refractivity contribution in [2.45, 2.75) is 12.1 Å². The molecule has 6 heteroatoms. The molecular formula is C11H13NO4S. The van der Waals surface area contributed by atoms with Crippen molar-refractivity contribution in [2.75, 3.05) is 11.5 Å². The Labute approximate surface area is 99.4 Å². The predicted molar refractivity (Wildman–Crippen MR) is 62.4 cm³/mol. The highest BCUT2D eigenvalue weighted by Gasteiger charge is 2.37. The van der Waals surface area contributed by atoms with Crippen LogP contribution < -0.4 is 5.32 Å². The van der Waals surface area contributed by atoms with Gasteiger partial charge in [0.05, 0.1) is 23.7 Å². The maximum absolute atomic E-state index is 11.7. The van der Waals surface area contributed by atoms with Crippen LogP contribution in [0.15, 0.2) is 30.3 Å². The van der Waals surface area contributed by atoms with Gasteiger partial charge < -0.3 is 10.4 Å². The van der Waals surface area contributed by atoms with E-state index in [4.69, 9.17) is 0 Å². The minimum Gasteiger partial charge on any atom is -0.390 e. The second-order valence-corrected chi connectivity index (χ2v) is 6.24. The summed E-state index contributed by atoms with van der Waals surface area (Å²) < 4.78 is 22.5. The molecule has 1 saturated heterocycles. The lowest BCUT2D eigenvalue weighted by molar-refractivity contribution is 0.0889. The zero-order valence-corrected chi connectivity index (χ0v) is 9.85. The van der Waals surface area contributed by atoms with Gasteiger partial charge in [-0.1, -0.05) is 18.2 Å². The van der Waals surface area contributed by atoms with Gasteiger partial charge in [0.25, 0.3) is 5.91 Å². The SMILES string of the molecule is O=C(NC1CS(=O)(=O)CC1O)c1ccccc1. The number of hydrogen-bond acceptors (Lipinski definition) is 4. The van der Waals surface area contributed by atoms with Crippen LogP contribution in [0.1, 0.15) is 10.4 Å². The van der Waals surface area contributed by atoms with E-state index in [2.05, 4.69) is 5.32 Å². The molecule has 17 heavy (non-hydrogen) atoms. The molecule has 5 nitrogen and oxygen atoms in total. The number of amides is 1. The van der Waals surface area contributed by atoms with Crippen LogP contribution in [0.3, 0.4) is 0 Å². The summed E-state index contributed by atoms with van der Waals surface area (Å²) >= 11 is 0. The number of sulfone groups is 1. The molecule has 0 bridgehead atoms. The first-order valence-corrected chi connectivity index (χ1v) is 7.04. The normalized spacial score (nSPS) is 26.6. The minimum absolute atomic E-state index is 0.202. The van der Waals surface area contributed by atoms with Gasteiger partial charge in [-0.3, -0.25) is 4.79 Å². The maximum Gasteiger partial charge on any atom is 0.251 e. The Morgan fingerprint density at radius 3 is 2.41 bits per heavy atom. The fourth-order valence-corrected chi connectivity index (χ4v) is 3.55. The van der Waals surface area contributed by atoms with E-state index in [1.54, 1.807) is 30.3 Å². The van der Waals surface area contributed by atoms with E-state index < -0.39 is 22.0 Å². The van der Waals surface area contributed by atoms with E-state index in [0.717, 1.165) is 0 Å². The summed E-state index contributed by atoms with van der Waals surface area (Å²) in [6.07, 6.45) is -1.02. The topological polar surface area (TPSA) is 83.5 Å². The second kappa shape index (κ2) is 4.46. The molecule has 1 aromatic carbocycles. The van der Waals surface area contributed by atoms with Crippen LogP contribution >= 0.6 is 0 Å². The van der Waals surface area contributed by atoms with Crippen molar-refractivity contribution >= 4 is 15.7 Å². The Hall–Kier alpha value is -1.40. The van der Waals surface area contributed by atoms with Crippen LogP contribution in [0.4, 0.5) is 0 Å². The highest BCUT2D eigenvalue weighted by molar-refractivity contribution is 7.91. The van der Waals surface area contributed by atoms with Crippen molar-refractivity contribution in [2.24, 2.45) is 0 Å². The third-order valence-corrected chi connectivity index (χ3v) is 4.39. The zero-order valence-electron chi connectivity index (χ0n) is 9.04. The fraction of sp³-hybridized carbons (Fsp3) is 0.364. The third kappa shape index (κ3) is 2.83. The number of aliphatic hydroxyl groups excluding tert-OH is 1. The summed E-state index contributed by atoms with van der Waals surface area (Å²) in [6, 6.07) is 7.77. The van der Waals surface area contributed by atoms with Gasteiger partial charge in [-0.25, -0.2) is 8.42 Å². The van der Waals surface area contributed by atoms with Crippen LogP contribution in [0.25, 0.3) is 0 Å². The van der Waals surface area contributed by atoms with Gasteiger partial charge in [0.15, 0.2) is 9.84 Å². The van der Waals surface area contributed by atoms with Crippen LogP contribution in [-0.4, -0.2) is 43.1 Å². The van der Waals surface area contributed by atoms with Crippen molar-refractivity contribution in [1.82, 2.24) is 5.32 Å². The molecule has 0 aromatic heterocycles. The number of aliphatic hydroxyl groups is 1. The first-order valence-electron chi connectivity index (χ1n) is 5.22. The Morgan fingerprint density at radius 1 is 1.24 bits per heavy atom. The Balaban J connectivity index is 2.06. The average Bonchev–Trinajstić information content (AvgIpc) is 2.53. The number of carbonyl (C=O) groups is 1. The summed E-state index contributed by atoms with van der Waals surface area (Å²) in [5.74, 6) is -0.855. The number of benzene rings is 1. The Bertz CT molecular complexity index is 512. The molecule has 2 unspecified atom stereocenters. The monoisotopic (exact) mass is 255 g/mol. The number of rotatable bonds is 2. The Morgan fingerprint density at radius 2 is 1.88 bits per heavy atom.